The molecule has 1 aliphatic heterocycles. The number of amides is 1. The molecule has 0 aromatic heterocycles. The quantitative estimate of drug-likeness (QED) is 0.252. The van der Waals surface area contributed by atoms with Gasteiger partial charge < -0.3 is 29.0 Å². The highest BCUT2D eigenvalue weighted by Gasteiger charge is 2.52. The summed E-state index contributed by atoms with van der Waals surface area (Å²) in [6, 6.07) is -1.15. The van der Waals surface area contributed by atoms with Gasteiger partial charge in [0.15, 0.2) is 12.2 Å². The maximum atomic E-state index is 12.6. The van der Waals surface area contributed by atoms with Gasteiger partial charge in [-0.15, -0.1) is 0 Å². The topological polar surface area (TPSA) is 144 Å². The van der Waals surface area contributed by atoms with E-state index in [-0.39, 0.29) is 18.9 Å². The van der Waals surface area contributed by atoms with Crippen LogP contribution in [0.4, 0.5) is 0 Å². The van der Waals surface area contributed by atoms with Crippen LogP contribution in [0.25, 0.3) is 0 Å². The van der Waals surface area contributed by atoms with Crippen molar-refractivity contribution in [2.75, 3.05) is 6.61 Å². The third kappa shape index (κ3) is 10.6. The molecule has 1 fully saturated rings. The zero-order valence-electron chi connectivity index (χ0n) is 19.9. The molecule has 1 saturated heterocycles. The average molecular weight is 474 g/mol. The Morgan fingerprint density at radius 2 is 1.33 bits per heavy atom. The fourth-order valence-corrected chi connectivity index (χ4v) is 3.47. The van der Waals surface area contributed by atoms with Crippen molar-refractivity contribution in [2.24, 2.45) is 0 Å². The molecule has 5 atom stereocenters. The molecule has 11 nitrogen and oxygen atoms in total. The summed E-state index contributed by atoms with van der Waals surface area (Å²) in [7, 11) is 0. The lowest BCUT2D eigenvalue weighted by molar-refractivity contribution is -0.271. The second-order valence-electron chi connectivity index (χ2n) is 7.86. The second kappa shape index (κ2) is 14.5. The van der Waals surface area contributed by atoms with Crippen molar-refractivity contribution < 1.29 is 47.7 Å². The van der Waals surface area contributed by atoms with Crippen LogP contribution in [0.1, 0.15) is 73.1 Å². The van der Waals surface area contributed by atoms with Crippen LogP contribution in [0.3, 0.4) is 0 Å². The third-order valence-electron chi connectivity index (χ3n) is 4.82. The molecule has 0 unspecified atom stereocenters. The van der Waals surface area contributed by atoms with Crippen LogP contribution in [0.15, 0.2) is 0 Å². The zero-order valence-corrected chi connectivity index (χ0v) is 19.9. The molecule has 0 aromatic rings. The van der Waals surface area contributed by atoms with Crippen LogP contribution in [0, 0.1) is 0 Å². The summed E-state index contributed by atoms with van der Waals surface area (Å²) in [6.07, 6.45) is -0.0783. The van der Waals surface area contributed by atoms with Crippen molar-refractivity contribution in [2.45, 2.75) is 104 Å². The molecule has 33 heavy (non-hydrogen) atoms. The first kappa shape index (κ1) is 28.3. The Morgan fingerprint density at radius 3 is 1.88 bits per heavy atom. The molecule has 1 rings (SSSR count). The zero-order chi connectivity index (χ0) is 25.0. The maximum Gasteiger partial charge on any atom is 0.305 e. The van der Waals surface area contributed by atoms with Crippen LogP contribution in [0.2, 0.25) is 0 Å². The largest absolute Gasteiger partial charge is 0.463 e. The van der Waals surface area contributed by atoms with E-state index >= 15 is 0 Å². The summed E-state index contributed by atoms with van der Waals surface area (Å²) in [4.78, 5) is 59.2. The molecular weight excluding hydrogens is 438 g/mol. The van der Waals surface area contributed by atoms with Gasteiger partial charge in [0.2, 0.25) is 12.2 Å². The SMILES string of the molecule is CCCCCCCC(=O)N[C@@H]1[C@@H](OC(C)=O)O[C@@H](COC(C)=O)[C@@H](OC(C)=O)[C@@H]1OC(C)=O. The minimum atomic E-state index is -1.37. The Balaban J connectivity index is 3.14. The molecule has 1 N–H and O–H groups in total. The first-order valence-electron chi connectivity index (χ1n) is 11.1. The van der Waals surface area contributed by atoms with Gasteiger partial charge in [-0.05, 0) is 6.42 Å². The molecule has 0 bridgehead atoms. The molecule has 11 heteroatoms. The fraction of sp³-hybridized carbons (Fsp3) is 0.773. The summed E-state index contributed by atoms with van der Waals surface area (Å²) in [5.74, 6) is -3.12. The number of esters is 4. The van der Waals surface area contributed by atoms with E-state index in [1.165, 1.54) is 6.92 Å². The normalized spacial score (nSPS) is 24.3. The number of ether oxygens (including phenoxy) is 5. The number of carbonyl (C=O) groups excluding carboxylic acids is 5. The lowest BCUT2D eigenvalue weighted by atomic mass is 9.95. The predicted octanol–water partition coefficient (Wildman–Crippen LogP) is 1.55. The van der Waals surface area contributed by atoms with Crippen molar-refractivity contribution in [3.05, 3.63) is 0 Å². The van der Waals surface area contributed by atoms with Crippen molar-refractivity contribution >= 4 is 29.8 Å². The molecule has 0 saturated carbocycles. The summed E-state index contributed by atoms with van der Waals surface area (Å²) < 4.78 is 26.6. The van der Waals surface area contributed by atoms with Gasteiger partial charge in [0.05, 0.1) is 0 Å². The van der Waals surface area contributed by atoms with Gasteiger partial charge in [-0.3, -0.25) is 24.0 Å². The number of hydrogen-bond acceptors (Lipinski definition) is 10. The van der Waals surface area contributed by atoms with Crippen molar-refractivity contribution in [1.82, 2.24) is 5.32 Å². The lowest BCUT2D eigenvalue weighted by Gasteiger charge is -2.44. The van der Waals surface area contributed by atoms with Gasteiger partial charge in [0.1, 0.15) is 18.8 Å². The molecule has 0 spiro atoms. The monoisotopic (exact) mass is 473 g/mol. The first-order valence-corrected chi connectivity index (χ1v) is 11.1. The number of rotatable bonds is 12. The number of unbranched alkanes of at least 4 members (excludes halogenated alkanes) is 4. The Hall–Kier alpha value is -2.69. The van der Waals surface area contributed by atoms with Crippen molar-refractivity contribution in [1.29, 1.82) is 0 Å². The third-order valence-corrected chi connectivity index (χ3v) is 4.82. The van der Waals surface area contributed by atoms with E-state index in [4.69, 9.17) is 23.7 Å². The molecule has 0 radical (unpaired) electrons. The summed E-state index contributed by atoms with van der Waals surface area (Å²) in [5, 5.41) is 2.69. The Kier molecular flexibility index (Phi) is 12.4. The van der Waals surface area contributed by atoms with Crippen molar-refractivity contribution in [3.8, 4) is 0 Å². The van der Waals surface area contributed by atoms with Crippen LogP contribution >= 0.6 is 0 Å². The second-order valence-corrected chi connectivity index (χ2v) is 7.86. The number of hydrogen-bond donors (Lipinski definition) is 1. The van der Waals surface area contributed by atoms with Gasteiger partial charge in [-0.25, -0.2) is 0 Å². The van der Waals surface area contributed by atoms with Crippen LogP contribution in [-0.2, 0) is 47.7 Å². The standard InChI is InChI=1S/C22H35NO10/c1-6-7-8-9-10-11-18(28)23-19-21(31-15(4)26)20(30-14(3)25)17(12-29-13(2)24)33-22(19)32-16(5)27/h17,19-22H,6-12H2,1-5H3,(H,23,28)/t17-,19-,20+,21+,22-/m0/s1. The minimum absolute atomic E-state index is 0.203. The highest BCUT2D eigenvalue weighted by molar-refractivity contribution is 5.76. The number of carbonyl (C=O) groups is 5. The predicted molar refractivity (Wildman–Crippen MR) is 113 cm³/mol. The molecule has 1 aliphatic rings. The van der Waals surface area contributed by atoms with E-state index in [1.807, 2.05) is 0 Å². The van der Waals surface area contributed by atoms with Crippen molar-refractivity contribution in [3.63, 3.8) is 0 Å². The average Bonchev–Trinajstić information content (AvgIpc) is 2.69. The van der Waals surface area contributed by atoms with E-state index in [1.54, 1.807) is 0 Å². The Morgan fingerprint density at radius 1 is 0.758 bits per heavy atom. The molecule has 0 aliphatic carbocycles. The number of nitrogens with one attached hydrogen (secondary N) is 1. The van der Waals surface area contributed by atoms with Gasteiger partial charge in [0, 0.05) is 34.1 Å². The molecule has 0 aromatic carbocycles. The Labute approximate surface area is 193 Å². The smallest absolute Gasteiger partial charge is 0.305 e. The molecule has 1 heterocycles. The first-order chi connectivity index (χ1) is 15.5. The highest BCUT2D eigenvalue weighted by atomic mass is 16.7. The van der Waals surface area contributed by atoms with Gasteiger partial charge >= 0.3 is 23.9 Å². The van der Waals surface area contributed by atoms with Gasteiger partial charge in [-0.2, -0.15) is 0 Å². The van der Waals surface area contributed by atoms with Gasteiger partial charge in [-0.1, -0.05) is 32.6 Å². The van der Waals surface area contributed by atoms with E-state index in [0.717, 1.165) is 46.5 Å². The lowest BCUT2D eigenvalue weighted by Crippen LogP contribution is -2.67. The van der Waals surface area contributed by atoms with Gasteiger partial charge in [0.25, 0.3) is 0 Å². The van der Waals surface area contributed by atoms with Crippen LogP contribution < -0.4 is 5.32 Å². The van der Waals surface area contributed by atoms with E-state index in [9.17, 15) is 24.0 Å². The summed E-state index contributed by atoms with van der Waals surface area (Å²) in [6.45, 7) is 6.36. The molecular formula is C22H35NO10. The highest BCUT2D eigenvalue weighted by Crippen LogP contribution is 2.28. The maximum absolute atomic E-state index is 12.6. The minimum Gasteiger partial charge on any atom is -0.463 e. The molecule has 1 amide bonds. The fourth-order valence-electron chi connectivity index (χ4n) is 3.47. The van der Waals surface area contributed by atoms with Crippen LogP contribution in [-0.4, -0.2) is 67.0 Å². The van der Waals surface area contributed by atoms with Crippen LogP contribution in [0.5, 0.6) is 0 Å². The summed E-state index contributed by atoms with van der Waals surface area (Å²) in [5.41, 5.74) is 0. The van der Waals surface area contributed by atoms with E-state index < -0.39 is 54.5 Å². The summed E-state index contributed by atoms with van der Waals surface area (Å²) >= 11 is 0. The Bertz CT molecular complexity index is 695. The molecule has 188 valence electrons. The van der Waals surface area contributed by atoms with E-state index in [2.05, 4.69) is 12.2 Å². The van der Waals surface area contributed by atoms with E-state index in [0.29, 0.717) is 6.42 Å².